The third-order valence-electron chi connectivity index (χ3n) is 3.83. The van der Waals surface area contributed by atoms with Crippen LogP contribution < -0.4 is 5.56 Å². The number of allylic oxidation sites excluding steroid dienone is 1. The van der Waals surface area contributed by atoms with Gasteiger partial charge in [-0.15, -0.1) is 0 Å². The molecular formula is C18H12FN3O2. The number of nitrogens with zero attached hydrogens (tertiary/aromatic N) is 2. The van der Waals surface area contributed by atoms with Crippen molar-refractivity contribution in [2.24, 2.45) is 4.99 Å². The van der Waals surface area contributed by atoms with Crippen LogP contribution in [0, 0.1) is 5.82 Å². The van der Waals surface area contributed by atoms with Gasteiger partial charge in [0.15, 0.2) is 0 Å². The van der Waals surface area contributed by atoms with Crippen LogP contribution in [0.5, 0.6) is 5.88 Å². The van der Waals surface area contributed by atoms with Gasteiger partial charge in [0.25, 0.3) is 5.56 Å². The molecule has 6 heteroatoms. The topological polar surface area (TPSA) is 70.4 Å². The van der Waals surface area contributed by atoms with Crippen molar-refractivity contribution in [3.63, 3.8) is 0 Å². The minimum absolute atomic E-state index is 0.0948. The Morgan fingerprint density at radius 1 is 1.17 bits per heavy atom. The second-order valence-corrected chi connectivity index (χ2v) is 5.37. The first-order valence-electron chi connectivity index (χ1n) is 7.28. The van der Waals surface area contributed by atoms with Gasteiger partial charge < -0.3 is 5.11 Å². The van der Waals surface area contributed by atoms with E-state index in [1.807, 2.05) is 24.3 Å². The van der Waals surface area contributed by atoms with Gasteiger partial charge in [-0.25, -0.2) is 9.07 Å². The fraction of sp³-hybridized carbons (Fsp3) is 0. The number of aromatic amines is 1. The molecule has 24 heavy (non-hydrogen) atoms. The van der Waals surface area contributed by atoms with Gasteiger partial charge in [-0.2, -0.15) is 0 Å². The molecule has 0 fully saturated rings. The first-order chi connectivity index (χ1) is 11.6. The number of aliphatic imine (C=N–C) groups is 1. The summed E-state index contributed by atoms with van der Waals surface area (Å²) in [5.41, 5.74) is 2.37. The molecule has 1 aromatic heterocycles. The maximum atomic E-state index is 13.4. The maximum absolute atomic E-state index is 13.4. The molecule has 0 amide bonds. The Labute approximate surface area is 136 Å². The zero-order valence-corrected chi connectivity index (χ0v) is 12.4. The quantitative estimate of drug-likeness (QED) is 0.760. The smallest absolute Gasteiger partial charge is 0.275 e. The number of para-hydroxylation sites is 1. The largest absolute Gasteiger partial charge is 0.493 e. The van der Waals surface area contributed by atoms with Crippen LogP contribution in [0.3, 0.4) is 0 Å². The molecule has 2 heterocycles. The molecule has 4 rings (SSSR count). The highest BCUT2D eigenvalue weighted by Crippen LogP contribution is 2.33. The van der Waals surface area contributed by atoms with Crippen molar-refractivity contribution in [1.29, 1.82) is 0 Å². The number of nitrogens with one attached hydrogen (secondary N) is 1. The molecule has 2 N–H and O–H groups in total. The van der Waals surface area contributed by atoms with Crippen LogP contribution in [-0.4, -0.2) is 21.1 Å². The van der Waals surface area contributed by atoms with E-state index in [1.165, 1.54) is 18.2 Å². The summed E-state index contributed by atoms with van der Waals surface area (Å²) in [7, 11) is 0. The van der Waals surface area contributed by atoms with E-state index >= 15 is 0 Å². The molecule has 0 bridgehead atoms. The highest BCUT2D eigenvalue weighted by molar-refractivity contribution is 6.21. The number of rotatable bonds is 2. The number of fused-ring (bicyclic) bond motifs is 1. The molecule has 1 aliphatic rings. The van der Waals surface area contributed by atoms with Crippen molar-refractivity contribution in [3.8, 4) is 11.6 Å². The zero-order chi connectivity index (χ0) is 16.7. The monoisotopic (exact) mass is 321 g/mol. The molecule has 3 aromatic rings. The first kappa shape index (κ1) is 14.2. The molecule has 0 unspecified atom stereocenters. The van der Waals surface area contributed by atoms with Gasteiger partial charge in [0, 0.05) is 17.4 Å². The summed E-state index contributed by atoms with van der Waals surface area (Å²) in [6.07, 6.45) is 3.21. The van der Waals surface area contributed by atoms with Crippen molar-refractivity contribution in [2.75, 3.05) is 0 Å². The van der Waals surface area contributed by atoms with Gasteiger partial charge in [0.1, 0.15) is 11.4 Å². The molecular weight excluding hydrogens is 309 g/mol. The van der Waals surface area contributed by atoms with Gasteiger partial charge in [-0.1, -0.05) is 24.3 Å². The average molecular weight is 321 g/mol. The van der Waals surface area contributed by atoms with Gasteiger partial charge >= 0.3 is 0 Å². The van der Waals surface area contributed by atoms with E-state index in [9.17, 15) is 14.3 Å². The number of hydrogen-bond acceptors (Lipinski definition) is 3. The third kappa shape index (κ3) is 2.25. The summed E-state index contributed by atoms with van der Waals surface area (Å²) in [6.45, 7) is 0. The van der Waals surface area contributed by atoms with Crippen LogP contribution in [0.1, 0.15) is 11.1 Å². The van der Waals surface area contributed by atoms with Crippen molar-refractivity contribution in [3.05, 3.63) is 75.8 Å². The van der Waals surface area contributed by atoms with E-state index in [2.05, 4.69) is 10.1 Å². The Balaban J connectivity index is 1.83. The van der Waals surface area contributed by atoms with Crippen LogP contribution >= 0.6 is 0 Å². The van der Waals surface area contributed by atoms with E-state index in [0.29, 0.717) is 5.69 Å². The minimum Gasteiger partial charge on any atom is -0.493 e. The molecule has 0 atom stereocenters. The lowest BCUT2D eigenvalue weighted by atomic mass is 10.1. The minimum atomic E-state index is -0.470. The second kappa shape index (κ2) is 5.34. The Kier molecular flexibility index (Phi) is 3.16. The lowest BCUT2D eigenvalue weighted by Gasteiger charge is -2.04. The van der Waals surface area contributed by atoms with E-state index in [1.54, 1.807) is 18.4 Å². The summed E-state index contributed by atoms with van der Waals surface area (Å²) in [5, 5.41) is 12.9. The molecule has 5 nitrogen and oxygen atoms in total. The zero-order valence-electron chi connectivity index (χ0n) is 12.4. The fourth-order valence-corrected chi connectivity index (χ4v) is 2.68. The Hall–Kier alpha value is -3.41. The van der Waals surface area contributed by atoms with Crippen molar-refractivity contribution >= 4 is 23.6 Å². The lowest BCUT2D eigenvalue weighted by Crippen LogP contribution is -2.05. The summed E-state index contributed by atoms with van der Waals surface area (Å²) in [6, 6.07) is 13.1. The molecule has 0 radical (unpaired) electrons. The molecule has 0 saturated heterocycles. The standard InChI is InChI=1S/C18H12FN3O2/c19-12-4-3-5-13(9-12)22-18(24)15(17(23)21-22)8-11-10-20-16-7-2-1-6-14(11)16/h1-10,24H,(H,21,23). The number of aromatic hydroxyl groups is 1. The van der Waals surface area contributed by atoms with E-state index < -0.39 is 11.4 Å². The first-order valence-corrected chi connectivity index (χ1v) is 7.28. The number of hydrogen-bond donors (Lipinski definition) is 2. The van der Waals surface area contributed by atoms with Crippen LogP contribution in [0.2, 0.25) is 0 Å². The van der Waals surface area contributed by atoms with Crippen LogP contribution in [0.25, 0.3) is 17.3 Å². The highest BCUT2D eigenvalue weighted by atomic mass is 19.1. The average Bonchev–Trinajstić information content (AvgIpc) is 3.11. The number of halogens is 1. The second-order valence-electron chi connectivity index (χ2n) is 5.37. The normalized spacial score (nSPS) is 14.3. The predicted molar refractivity (Wildman–Crippen MR) is 90.5 cm³/mol. The molecule has 2 aromatic carbocycles. The summed E-state index contributed by atoms with van der Waals surface area (Å²) >= 11 is 0. The highest BCUT2D eigenvalue weighted by Gasteiger charge is 2.17. The van der Waals surface area contributed by atoms with Crippen molar-refractivity contribution in [1.82, 2.24) is 9.78 Å². The lowest BCUT2D eigenvalue weighted by molar-refractivity contribution is 0.432. The van der Waals surface area contributed by atoms with Gasteiger partial charge in [0.05, 0.1) is 11.4 Å². The number of H-pyrrole nitrogens is 1. The Morgan fingerprint density at radius 2 is 2.00 bits per heavy atom. The van der Waals surface area contributed by atoms with E-state index in [-0.39, 0.29) is 11.4 Å². The van der Waals surface area contributed by atoms with E-state index in [0.717, 1.165) is 21.5 Å². The molecule has 0 saturated carbocycles. The summed E-state index contributed by atoms with van der Waals surface area (Å²) in [4.78, 5) is 16.5. The Morgan fingerprint density at radius 3 is 2.83 bits per heavy atom. The number of benzene rings is 2. The SMILES string of the molecule is O=c1[nH]n(-c2cccc(F)c2)c(O)c1C=C1C=Nc2ccccc21. The third-order valence-corrected chi connectivity index (χ3v) is 3.83. The van der Waals surface area contributed by atoms with Gasteiger partial charge in [-0.3, -0.25) is 14.9 Å². The number of aromatic nitrogens is 2. The molecule has 1 aliphatic heterocycles. The summed E-state index contributed by atoms with van der Waals surface area (Å²) in [5.74, 6) is -0.742. The van der Waals surface area contributed by atoms with Crippen molar-refractivity contribution < 1.29 is 9.50 Å². The van der Waals surface area contributed by atoms with Crippen LogP contribution in [-0.2, 0) is 0 Å². The van der Waals surface area contributed by atoms with Crippen LogP contribution in [0.15, 0.2) is 58.3 Å². The summed E-state index contributed by atoms with van der Waals surface area (Å²) < 4.78 is 14.5. The van der Waals surface area contributed by atoms with Gasteiger partial charge in [0.2, 0.25) is 5.88 Å². The van der Waals surface area contributed by atoms with Crippen molar-refractivity contribution in [2.45, 2.75) is 0 Å². The molecule has 0 aliphatic carbocycles. The van der Waals surface area contributed by atoms with Crippen LogP contribution in [0.4, 0.5) is 10.1 Å². The van der Waals surface area contributed by atoms with E-state index in [4.69, 9.17) is 0 Å². The fourth-order valence-electron chi connectivity index (χ4n) is 2.68. The van der Waals surface area contributed by atoms with Gasteiger partial charge in [-0.05, 0) is 30.3 Å². The molecule has 118 valence electrons. The Bertz CT molecular complexity index is 1060. The molecule has 0 spiro atoms. The maximum Gasteiger partial charge on any atom is 0.275 e. The predicted octanol–water partition coefficient (Wildman–Crippen LogP) is 3.27.